The Labute approximate surface area is 119 Å². The van der Waals surface area contributed by atoms with E-state index in [1.807, 2.05) is 0 Å². The zero-order valence-electron chi connectivity index (χ0n) is 11.6. The van der Waals surface area contributed by atoms with Crippen LogP contribution in [0.25, 0.3) is 0 Å². The molecule has 1 aromatic heterocycles. The zero-order valence-corrected chi connectivity index (χ0v) is 12.4. The molecule has 0 spiro atoms. The quantitative estimate of drug-likeness (QED) is 0.668. The van der Waals surface area contributed by atoms with Gasteiger partial charge in [-0.2, -0.15) is 5.10 Å². The minimum absolute atomic E-state index is 0.0597. The van der Waals surface area contributed by atoms with E-state index in [9.17, 15) is 8.42 Å². The van der Waals surface area contributed by atoms with Crippen molar-refractivity contribution in [1.82, 2.24) is 14.5 Å². The summed E-state index contributed by atoms with van der Waals surface area (Å²) in [5.74, 6) is 0. The SMILES string of the molecule is COCCC1(CNS(=O)(=O)c2cnn(CCO)c2)CC1. The molecule has 7 nitrogen and oxygen atoms in total. The van der Waals surface area contributed by atoms with Crippen molar-refractivity contribution in [1.29, 1.82) is 0 Å². The lowest BCUT2D eigenvalue weighted by molar-refractivity contribution is 0.173. The van der Waals surface area contributed by atoms with Crippen LogP contribution in [-0.2, 0) is 21.3 Å². The molecule has 0 saturated heterocycles. The van der Waals surface area contributed by atoms with E-state index in [1.165, 1.54) is 17.1 Å². The Morgan fingerprint density at radius 2 is 2.30 bits per heavy atom. The van der Waals surface area contributed by atoms with Crippen molar-refractivity contribution in [2.24, 2.45) is 5.41 Å². The fraction of sp³-hybridized carbons (Fsp3) is 0.750. The highest BCUT2D eigenvalue weighted by Gasteiger charge is 2.42. The number of aliphatic hydroxyl groups excluding tert-OH is 1. The van der Waals surface area contributed by atoms with E-state index in [1.54, 1.807) is 7.11 Å². The van der Waals surface area contributed by atoms with Crippen LogP contribution in [0.4, 0.5) is 0 Å². The number of aliphatic hydroxyl groups is 1. The topological polar surface area (TPSA) is 93.5 Å². The average Bonchev–Trinajstić information content (AvgIpc) is 3.04. The van der Waals surface area contributed by atoms with Gasteiger partial charge in [-0.1, -0.05) is 0 Å². The number of hydrogen-bond donors (Lipinski definition) is 2. The summed E-state index contributed by atoms with van der Waals surface area (Å²) >= 11 is 0. The van der Waals surface area contributed by atoms with E-state index in [0.717, 1.165) is 19.3 Å². The minimum atomic E-state index is -3.53. The van der Waals surface area contributed by atoms with E-state index < -0.39 is 10.0 Å². The summed E-state index contributed by atoms with van der Waals surface area (Å²) in [6.45, 7) is 1.29. The Morgan fingerprint density at radius 1 is 1.55 bits per heavy atom. The van der Waals surface area contributed by atoms with Gasteiger partial charge in [0.15, 0.2) is 0 Å². The summed E-state index contributed by atoms with van der Waals surface area (Å²) in [5, 5.41) is 12.7. The van der Waals surface area contributed by atoms with E-state index in [-0.39, 0.29) is 23.5 Å². The molecule has 0 amide bonds. The molecule has 0 unspecified atom stereocenters. The van der Waals surface area contributed by atoms with E-state index >= 15 is 0 Å². The lowest BCUT2D eigenvalue weighted by Gasteiger charge is -2.15. The molecule has 1 fully saturated rings. The number of aromatic nitrogens is 2. The predicted molar refractivity (Wildman–Crippen MR) is 72.7 cm³/mol. The first-order valence-electron chi connectivity index (χ1n) is 6.63. The molecule has 0 aromatic carbocycles. The first-order chi connectivity index (χ1) is 9.51. The highest BCUT2D eigenvalue weighted by molar-refractivity contribution is 7.89. The summed E-state index contributed by atoms with van der Waals surface area (Å²) in [4.78, 5) is 0.133. The van der Waals surface area contributed by atoms with Crippen molar-refractivity contribution >= 4 is 10.0 Å². The third kappa shape index (κ3) is 3.78. The molecular formula is C12H21N3O4S. The summed E-state index contributed by atoms with van der Waals surface area (Å²) in [7, 11) is -1.88. The van der Waals surface area contributed by atoms with Crippen molar-refractivity contribution in [2.45, 2.75) is 30.7 Å². The number of rotatable bonds is 9. The maximum Gasteiger partial charge on any atom is 0.243 e. The number of nitrogens with one attached hydrogen (secondary N) is 1. The Kier molecular flexibility index (Phi) is 4.79. The van der Waals surface area contributed by atoms with Gasteiger partial charge in [0, 0.05) is 26.5 Å². The van der Waals surface area contributed by atoms with Gasteiger partial charge in [0.25, 0.3) is 0 Å². The summed E-state index contributed by atoms with van der Waals surface area (Å²) in [6.07, 6.45) is 5.65. The fourth-order valence-electron chi connectivity index (χ4n) is 2.05. The maximum atomic E-state index is 12.1. The van der Waals surface area contributed by atoms with Gasteiger partial charge in [0.1, 0.15) is 4.90 Å². The average molecular weight is 303 g/mol. The van der Waals surface area contributed by atoms with Crippen LogP contribution in [0, 0.1) is 5.41 Å². The lowest BCUT2D eigenvalue weighted by atomic mass is 10.0. The van der Waals surface area contributed by atoms with Crippen molar-refractivity contribution in [3.8, 4) is 0 Å². The molecule has 0 atom stereocenters. The molecule has 1 aliphatic rings. The molecule has 1 aliphatic carbocycles. The first-order valence-corrected chi connectivity index (χ1v) is 8.12. The summed E-state index contributed by atoms with van der Waals surface area (Å²) < 4.78 is 33.4. The van der Waals surface area contributed by atoms with Crippen LogP contribution in [0.1, 0.15) is 19.3 Å². The smallest absolute Gasteiger partial charge is 0.243 e. The van der Waals surface area contributed by atoms with Crippen LogP contribution < -0.4 is 4.72 Å². The van der Waals surface area contributed by atoms with Gasteiger partial charge in [-0.05, 0) is 24.7 Å². The van der Waals surface area contributed by atoms with Gasteiger partial charge in [0.2, 0.25) is 10.0 Å². The van der Waals surface area contributed by atoms with Crippen LogP contribution in [0.2, 0.25) is 0 Å². The van der Waals surface area contributed by atoms with Gasteiger partial charge < -0.3 is 9.84 Å². The first kappa shape index (κ1) is 15.4. The molecule has 1 heterocycles. The second-order valence-corrected chi connectivity index (χ2v) is 7.00. The molecule has 2 rings (SSSR count). The second-order valence-electron chi connectivity index (χ2n) is 5.23. The fourth-order valence-corrected chi connectivity index (χ4v) is 3.16. The van der Waals surface area contributed by atoms with Crippen molar-refractivity contribution in [3.05, 3.63) is 12.4 Å². The molecule has 0 bridgehead atoms. The Balaban J connectivity index is 1.93. The Bertz CT molecular complexity index is 537. The Morgan fingerprint density at radius 3 is 2.90 bits per heavy atom. The lowest BCUT2D eigenvalue weighted by Crippen LogP contribution is -2.30. The second kappa shape index (κ2) is 6.21. The summed E-state index contributed by atoms with van der Waals surface area (Å²) in [6, 6.07) is 0. The molecule has 0 aliphatic heterocycles. The maximum absolute atomic E-state index is 12.1. The normalized spacial score (nSPS) is 17.3. The molecule has 114 valence electrons. The zero-order chi connectivity index (χ0) is 14.6. The summed E-state index contributed by atoms with van der Waals surface area (Å²) in [5.41, 5.74) is 0.0597. The number of methoxy groups -OCH3 is 1. The van der Waals surface area contributed by atoms with E-state index in [0.29, 0.717) is 13.2 Å². The third-order valence-electron chi connectivity index (χ3n) is 3.68. The highest BCUT2D eigenvalue weighted by atomic mass is 32.2. The largest absolute Gasteiger partial charge is 0.394 e. The van der Waals surface area contributed by atoms with Gasteiger partial charge in [-0.3, -0.25) is 4.68 Å². The highest BCUT2D eigenvalue weighted by Crippen LogP contribution is 2.48. The van der Waals surface area contributed by atoms with E-state index in [2.05, 4.69) is 9.82 Å². The van der Waals surface area contributed by atoms with Gasteiger partial charge in [-0.25, -0.2) is 13.1 Å². The van der Waals surface area contributed by atoms with Crippen LogP contribution in [0.5, 0.6) is 0 Å². The molecule has 2 N–H and O–H groups in total. The van der Waals surface area contributed by atoms with Crippen LogP contribution >= 0.6 is 0 Å². The van der Waals surface area contributed by atoms with Crippen LogP contribution in [-0.4, -0.2) is 50.2 Å². The predicted octanol–water partition coefficient (Wildman–Crippen LogP) is -0.0296. The molecular weight excluding hydrogens is 282 g/mol. The molecule has 1 saturated carbocycles. The molecule has 1 aromatic rings. The third-order valence-corrected chi connectivity index (χ3v) is 5.04. The van der Waals surface area contributed by atoms with Gasteiger partial charge >= 0.3 is 0 Å². The van der Waals surface area contributed by atoms with Crippen molar-refractivity contribution < 1.29 is 18.3 Å². The van der Waals surface area contributed by atoms with Gasteiger partial charge in [0.05, 0.1) is 19.3 Å². The Hall–Kier alpha value is -0.960. The number of ether oxygens (including phenoxy) is 1. The van der Waals surface area contributed by atoms with Gasteiger partial charge in [-0.15, -0.1) is 0 Å². The number of sulfonamides is 1. The number of nitrogens with zero attached hydrogens (tertiary/aromatic N) is 2. The molecule has 8 heteroatoms. The van der Waals surface area contributed by atoms with Crippen LogP contribution in [0.15, 0.2) is 17.3 Å². The number of hydrogen-bond acceptors (Lipinski definition) is 5. The monoisotopic (exact) mass is 303 g/mol. The molecule has 20 heavy (non-hydrogen) atoms. The van der Waals surface area contributed by atoms with Crippen molar-refractivity contribution in [3.63, 3.8) is 0 Å². The standard InChI is InChI=1S/C12H21N3O4S/c1-19-7-4-12(2-3-12)10-14-20(17,18)11-8-13-15(9-11)5-6-16/h8-9,14,16H,2-7,10H2,1H3. The van der Waals surface area contributed by atoms with Crippen molar-refractivity contribution in [2.75, 3.05) is 26.9 Å². The van der Waals surface area contributed by atoms with Crippen LogP contribution in [0.3, 0.4) is 0 Å². The molecule has 0 radical (unpaired) electrons. The van der Waals surface area contributed by atoms with E-state index in [4.69, 9.17) is 9.84 Å². The minimum Gasteiger partial charge on any atom is -0.394 e.